The lowest BCUT2D eigenvalue weighted by molar-refractivity contribution is -0.141. The van der Waals surface area contributed by atoms with E-state index in [1.54, 1.807) is 6.92 Å². The van der Waals surface area contributed by atoms with E-state index in [2.05, 4.69) is 31.2 Å². The van der Waals surface area contributed by atoms with E-state index in [1.165, 1.54) is 23.3 Å². The average Bonchev–Trinajstić information content (AvgIpc) is 3.01. The number of carboxylic acids is 1. The third-order valence-electron chi connectivity index (χ3n) is 7.48. The standard InChI is InChI=1S/C25H31NO5.C9H11F.CH2O2/c1-17(25(30)31)3-2-4-18-5-10-20(11-6-18)23-15-24(29)26(23)21-12-7-19(8-13-21)9-14-22(28)16-27;1-2-3-8-4-6-9(10)7-5-8;2-1-3/h5-8,10-13,17,22-23,27-28H,2-4,9,14-16H2,1H3,(H,30,31);4-7H,2-3H2,1H3;1H,(H,2,3). The highest BCUT2D eigenvalue weighted by molar-refractivity contribution is 6.01. The second-order valence-corrected chi connectivity index (χ2v) is 10.9. The number of aliphatic hydroxyl groups excluding tert-OH is 2. The van der Waals surface area contributed by atoms with Crippen LogP contribution < -0.4 is 4.90 Å². The van der Waals surface area contributed by atoms with Gasteiger partial charge in [0.2, 0.25) is 5.91 Å². The Morgan fingerprint density at radius 2 is 1.45 bits per heavy atom. The number of rotatable bonds is 13. The largest absolute Gasteiger partial charge is 0.483 e. The monoisotopic (exact) mass is 609 g/mol. The number of aliphatic hydroxyl groups is 2. The molecule has 4 N–H and O–H groups in total. The Hall–Kier alpha value is -4.08. The zero-order chi connectivity index (χ0) is 32.5. The molecule has 3 aromatic rings. The summed E-state index contributed by atoms with van der Waals surface area (Å²) in [6.07, 6.45) is 5.46. The Morgan fingerprint density at radius 3 is 1.98 bits per heavy atom. The van der Waals surface area contributed by atoms with E-state index in [4.69, 9.17) is 20.1 Å². The van der Waals surface area contributed by atoms with Gasteiger partial charge in [-0.15, -0.1) is 0 Å². The summed E-state index contributed by atoms with van der Waals surface area (Å²) < 4.78 is 12.3. The highest BCUT2D eigenvalue weighted by Gasteiger charge is 2.38. The van der Waals surface area contributed by atoms with E-state index in [1.807, 2.05) is 41.3 Å². The fourth-order valence-electron chi connectivity index (χ4n) is 4.84. The fraction of sp³-hybridized carbons (Fsp3) is 0.400. The number of carbonyl (C=O) groups excluding carboxylic acids is 1. The Balaban J connectivity index is 0.000000432. The summed E-state index contributed by atoms with van der Waals surface area (Å²) in [7, 11) is 0. The molecule has 1 heterocycles. The van der Waals surface area contributed by atoms with Crippen LogP contribution >= 0.6 is 0 Å². The van der Waals surface area contributed by atoms with Crippen molar-refractivity contribution < 1.29 is 39.2 Å². The SMILES string of the molecule is CC(CCCc1ccc(C2CC(=O)N2c2ccc(CCC(O)CO)cc2)cc1)C(=O)O.CCCc1ccc(F)cc1.O=CO. The van der Waals surface area contributed by atoms with Crippen molar-refractivity contribution in [2.24, 2.45) is 5.92 Å². The summed E-state index contributed by atoms with van der Waals surface area (Å²) in [4.78, 5) is 33.4. The smallest absolute Gasteiger partial charge is 0.306 e. The van der Waals surface area contributed by atoms with Crippen molar-refractivity contribution in [1.29, 1.82) is 0 Å². The van der Waals surface area contributed by atoms with Crippen LogP contribution in [0.5, 0.6) is 0 Å². The molecule has 0 bridgehead atoms. The highest BCUT2D eigenvalue weighted by atomic mass is 19.1. The number of aryl methyl sites for hydroxylation is 3. The minimum Gasteiger partial charge on any atom is -0.483 e. The maximum Gasteiger partial charge on any atom is 0.306 e. The summed E-state index contributed by atoms with van der Waals surface area (Å²) in [6.45, 7) is 3.37. The molecule has 9 heteroatoms. The van der Waals surface area contributed by atoms with Gasteiger partial charge in [0.1, 0.15) is 5.82 Å². The lowest BCUT2D eigenvalue weighted by Gasteiger charge is -2.41. The molecule has 3 aromatic carbocycles. The predicted octanol–water partition coefficient (Wildman–Crippen LogP) is 5.97. The number of aliphatic carboxylic acids is 1. The van der Waals surface area contributed by atoms with Crippen LogP contribution in [0.1, 0.15) is 74.2 Å². The minimum absolute atomic E-state index is 0.0237. The number of nitrogens with zero attached hydrogens (tertiary/aromatic N) is 1. The summed E-state index contributed by atoms with van der Waals surface area (Å²) >= 11 is 0. The highest BCUT2D eigenvalue weighted by Crippen LogP contribution is 2.39. The van der Waals surface area contributed by atoms with Gasteiger partial charge in [0.15, 0.2) is 0 Å². The number of hydrogen-bond acceptors (Lipinski definition) is 5. The molecule has 0 aromatic heterocycles. The van der Waals surface area contributed by atoms with Crippen LogP contribution in [0.15, 0.2) is 72.8 Å². The van der Waals surface area contributed by atoms with Crippen LogP contribution in [0.4, 0.5) is 10.1 Å². The fourth-order valence-corrected chi connectivity index (χ4v) is 4.84. The average molecular weight is 610 g/mol. The van der Waals surface area contributed by atoms with Gasteiger partial charge in [0.25, 0.3) is 6.47 Å². The van der Waals surface area contributed by atoms with Crippen LogP contribution in [0.3, 0.4) is 0 Å². The van der Waals surface area contributed by atoms with Gasteiger partial charge in [-0.3, -0.25) is 14.4 Å². The maximum absolute atomic E-state index is 12.3. The molecule has 4 rings (SSSR count). The summed E-state index contributed by atoms with van der Waals surface area (Å²) in [5.41, 5.74) is 5.40. The molecule has 0 saturated carbocycles. The van der Waals surface area contributed by atoms with Crippen molar-refractivity contribution in [2.45, 2.75) is 77.4 Å². The number of halogens is 1. The molecule has 0 aliphatic carbocycles. The third-order valence-corrected chi connectivity index (χ3v) is 7.48. The third kappa shape index (κ3) is 11.9. The molecule has 238 valence electrons. The first-order valence-electron chi connectivity index (χ1n) is 15.0. The maximum atomic E-state index is 12.3. The first-order valence-corrected chi connectivity index (χ1v) is 15.0. The van der Waals surface area contributed by atoms with Crippen LogP contribution in [-0.4, -0.2) is 51.5 Å². The van der Waals surface area contributed by atoms with Crippen molar-refractivity contribution in [3.05, 3.63) is 101 Å². The molecule has 1 amide bonds. The quantitative estimate of drug-likeness (QED) is 0.138. The Bertz CT molecular complexity index is 1280. The van der Waals surface area contributed by atoms with E-state index in [9.17, 15) is 19.1 Å². The second kappa shape index (κ2) is 19.2. The molecule has 1 aliphatic rings. The van der Waals surface area contributed by atoms with Gasteiger partial charge < -0.3 is 25.3 Å². The Labute approximate surface area is 258 Å². The van der Waals surface area contributed by atoms with Crippen molar-refractivity contribution >= 4 is 24.0 Å². The van der Waals surface area contributed by atoms with Gasteiger partial charge in [-0.05, 0) is 85.0 Å². The van der Waals surface area contributed by atoms with E-state index >= 15 is 0 Å². The Kier molecular flexibility index (Phi) is 15.8. The molecule has 8 nitrogen and oxygen atoms in total. The van der Waals surface area contributed by atoms with Crippen LogP contribution in [0.25, 0.3) is 0 Å². The number of β-lactam (4-membered cyclic amide) rings is 1. The molecule has 1 aliphatic heterocycles. The summed E-state index contributed by atoms with van der Waals surface area (Å²) in [5, 5.41) is 34.3. The van der Waals surface area contributed by atoms with Crippen molar-refractivity contribution in [2.75, 3.05) is 11.5 Å². The van der Waals surface area contributed by atoms with Gasteiger partial charge in [-0.1, -0.05) is 68.8 Å². The minimum atomic E-state index is -0.749. The lowest BCUT2D eigenvalue weighted by Crippen LogP contribution is -2.46. The Morgan fingerprint density at radius 1 is 0.932 bits per heavy atom. The van der Waals surface area contributed by atoms with E-state index < -0.39 is 12.1 Å². The molecule has 3 unspecified atom stereocenters. The number of amides is 1. The summed E-state index contributed by atoms with van der Waals surface area (Å²) in [5.74, 6) is -1.12. The van der Waals surface area contributed by atoms with Gasteiger partial charge in [0, 0.05) is 5.69 Å². The number of hydrogen-bond donors (Lipinski definition) is 4. The van der Waals surface area contributed by atoms with E-state index in [0.29, 0.717) is 25.7 Å². The number of carboxylic acid groups (broad SMARTS) is 2. The molecule has 0 radical (unpaired) electrons. The van der Waals surface area contributed by atoms with Crippen molar-refractivity contribution in [3.63, 3.8) is 0 Å². The zero-order valence-corrected chi connectivity index (χ0v) is 25.4. The van der Waals surface area contributed by atoms with Crippen molar-refractivity contribution in [3.8, 4) is 0 Å². The molecule has 0 spiro atoms. The van der Waals surface area contributed by atoms with Crippen LogP contribution in [-0.2, 0) is 33.6 Å². The summed E-state index contributed by atoms with van der Waals surface area (Å²) in [6, 6.07) is 22.7. The van der Waals surface area contributed by atoms with Gasteiger partial charge in [-0.25, -0.2) is 4.39 Å². The lowest BCUT2D eigenvalue weighted by atomic mass is 9.91. The second-order valence-electron chi connectivity index (χ2n) is 10.9. The number of anilines is 1. The van der Waals surface area contributed by atoms with Gasteiger partial charge in [0.05, 0.1) is 31.1 Å². The normalized spacial score (nSPS) is 15.1. The van der Waals surface area contributed by atoms with E-state index in [-0.39, 0.29) is 36.8 Å². The van der Waals surface area contributed by atoms with Gasteiger partial charge in [-0.2, -0.15) is 0 Å². The molecule has 3 atom stereocenters. The number of benzene rings is 3. The molecule has 44 heavy (non-hydrogen) atoms. The molecular weight excluding hydrogens is 565 g/mol. The van der Waals surface area contributed by atoms with Crippen molar-refractivity contribution in [1.82, 2.24) is 0 Å². The molecule has 1 saturated heterocycles. The zero-order valence-electron chi connectivity index (χ0n) is 25.4. The van der Waals surface area contributed by atoms with E-state index in [0.717, 1.165) is 42.5 Å². The number of carbonyl (C=O) groups is 3. The first-order chi connectivity index (χ1) is 21.1. The van der Waals surface area contributed by atoms with Gasteiger partial charge >= 0.3 is 5.97 Å². The van der Waals surface area contributed by atoms with Crippen LogP contribution in [0, 0.1) is 11.7 Å². The predicted molar refractivity (Wildman–Crippen MR) is 168 cm³/mol. The molecular formula is C35H44FNO7. The topological polar surface area (TPSA) is 135 Å². The molecule has 1 fully saturated rings. The first kappa shape index (κ1) is 36.1. The van der Waals surface area contributed by atoms with Crippen LogP contribution in [0.2, 0.25) is 0 Å².